The van der Waals surface area contributed by atoms with Crippen molar-refractivity contribution >= 4 is 44.0 Å². The van der Waals surface area contributed by atoms with E-state index in [9.17, 15) is 0 Å². The molecule has 0 amide bonds. The SMILES string of the molecule is BrC1C(C(C2=Cc3ccccc3C2Br)(c2ccccc2)c2ccccc2)=Cc2ccccc21. The molecule has 0 heterocycles. The molecule has 0 bridgehead atoms. The van der Waals surface area contributed by atoms with Crippen molar-refractivity contribution in [2.45, 2.75) is 15.1 Å². The number of rotatable bonds is 4. The summed E-state index contributed by atoms with van der Waals surface area (Å²) in [7, 11) is 0. The van der Waals surface area contributed by atoms with Gasteiger partial charge in [0.1, 0.15) is 0 Å². The third-order valence-corrected chi connectivity index (χ3v) is 8.96. The minimum Gasteiger partial charge on any atom is -0.0789 e. The van der Waals surface area contributed by atoms with Crippen LogP contribution >= 0.6 is 31.9 Å². The molecule has 0 saturated carbocycles. The molecule has 4 aromatic rings. The molecule has 0 fully saturated rings. The van der Waals surface area contributed by atoms with Crippen molar-refractivity contribution in [3.05, 3.63) is 154 Å². The summed E-state index contributed by atoms with van der Waals surface area (Å²) in [6.45, 7) is 0. The third-order valence-electron chi connectivity index (χ3n) is 6.99. The lowest BCUT2D eigenvalue weighted by molar-refractivity contribution is 0.681. The second kappa shape index (κ2) is 8.27. The Balaban J connectivity index is 1.70. The predicted molar refractivity (Wildman–Crippen MR) is 146 cm³/mol. The molecule has 2 unspecified atom stereocenters. The minimum absolute atomic E-state index is 0.124. The van der Waals surface area contributed by atoms with E-state index in [4.69, 9.17) is 0 Å². The minimum atomic E-state index is -0.428. The summed E-state index contributed by atoms with van der Waals surface area (Å²) in [4.78, 5) is 0.247. The highest BCUT2D eigenvalue weighted by molar-refractivity contribution is 9.09. The molecule has 0 nitrogen and oxygen atoms in total. The fraction of sp³-hybridized carbons (Fsp3) is 0.0968. The van der Waals surface area contributed by atoms with Gasteiger partial charge in [0.15, 0.2) is 0 Å². The molecule has 4 aromatic carbocycles. The van der Waals surface area contributed by atoms with Crippen LogP contribution in [0, 0.1) is 0 Å². The Morgan fingerprint density at radius 3 is 1.21 bits per heavy atom. The zero-order valence-electron chi connectivity index (χ0n) is 18.0. The van der Waals surface area contributed by atoms with Gasteiger partial charge < -0.3 is 0 Å². The average molecular weight is 554 g/mol. The molecule has 2 atom stereocenters. The average Bonchev–Trinajstić information content (AvgIpc) is 3.39. The van der Waals surface area contributed by atoms with Gasteiger partial charge in [-0.3, -0.25) is 0 Å². The van der Waals surface area contributed by atoms with Crippen LogP contribution in [-0.2, 0) is 5.41 Å². The molecule has 6 rings (SSSR count). The number of hydrogen-bond acceptors (Lipinski definition) is 0. The Bertz CT molecular complexity index is 1270. The van der Waals surface area contributed by atoms with Gasteiger partial charge in [0.2, 0.25) is 0 Å². The number of alkyl halides is 2. The highest BCUT2D eigenvalue weighted by Crippen LogP contribution is 2.61. The smallest absolute Gasteiger partial charge is 0.0656 e. The van der Waals surface area contributed by atoms with Crippen LogP contribution in [0.5, 0.6) is 0 Å². The molecule has 0 aromatic heterocycles. The molecular weight excluding hydrogens is 532 g/mol. The summed E-state index contributed by atoms with van der Waals surface area (Å²) in [5.74, 6) is 0. The van der Waals surface area contributed by atoms with Gasteiger partial charge in [-0.15, -0.1) is 0 Å². The highest BCUT2D eigenvalue weighted by atomic mass is 79.9. The van der Waals surface area contributed by atoms with E-state index in [1.165, 1.54) is 44.5 Å². The van der Waals surface area contributed by atoms with Gasteiger partial charge in [-0.25, -0.2) is 0 Å². The van der Waals surface area contributed by atoms with E-state index in [-0.39, 0.29) is 9.65 Å². The number of hydrogen-bond donors (Lipinski definition) is 0. The van der Waals surface area contributed by atoms with Crippen LogP contribution in [0.4, 0.5) is 0 Å². The van der Waals surface area contributed by atoms with Crippen LogP contribution in [0.1, 0.15) is 43.0 Å². The van der Waals surface area contributed by atoms with Crippen LogP contribution in [-0.4, -0.2) is 0 Å². The van der Waals surface area contributed by atoms with E-state index in [1.54, 1.807) is 0 Å². The van der Waals surface area contributed by atoms with Crippen molar-refractivity contribution < 1.29 is 0 Å². The van der Waals surface area contributed by atoms with Gasteiger partial charge in [0.25, 0.3) is 0 Å². The summed E-state index contributed by atoms with van der Waals surface area (Å²) in [5.41, 5.74) is 10.1. The summed E-state index contributed by atoms with van der Waals surface area (Å²) in [6, 6.07) is 39.4. The lowest BCUT2D eigenvalue weighted by atomic mass is 9.63. The second-order valence-corrected chi connectivity index (χ2v) is 10.5. The van der Waals surface area contributed by atoms with E-state index in [1.807, 2.05) is 0 Å². The van der Waals surface area contributed by atoms with Gasteiger partial charge in [0.05, 0.1) is 15.1 Å². The maximum Gasteiger partial charge on any atom is 0.0656 e. The normalized spacial score (nSPS) is 19.0. The first-order chi connectivity index (χ1) is 16.2. The fourth-order valence-corrected chi connectivity index (χ4v) is 7.32. The van der Waals surface area contributed by atoms with Gasteiger partial charge in [0, 0.05) is 0 Å². The van der Waals surface area contributed by atoms with Crippen LogP contribution in [0.3, 0.4) is 0 Å². The molecule has 0 radical (unpaired) electrons. The molecule has 0 N–H and O–H groups in total. The molecule has 160 valence electrons. The Kier molecular flexibility index (Phi) is 5.24. The van der Waals surface area contributed by atoms with E-state index >= 15 is 0 Å². The lowest BCUT2D eigenvalue weighted by Crippen LogP contribution is -2.34. The van der Waals surface area contributed by atoms with Crippen molar-refractivity contribution in [3.8, 4) is 0 Å². The highest BCUT2D eigenvalue weighted by Gasteiger charge is 2.49. The van der Waals surface area contributed by atoms with Crippen molar-refractivity contribution in [3.63, 3.8) is 0 Å². The molecule has 33 heavy (non-hydrogen) atoms. The number of allylic oxidation sites excluding steroid dienone is 2. The first-order valence-electron chi connectivity index (χ1n) is 11.2. The monoisotopic (exact) mass is 552 g/mol. The molecule has 2 aliphatic rings. The number of halogens is 2. The Hall–Kier alpha value is -2.68. The Labute approximate surface area is 212 Å². The lowest BCUT2D eigenvalue weighted by Gasteiger charge is -2.41. The zero-order valence-corrected chi connectivity index (χ0v) is 21.1. The number of benzene rings is 4. The maximum absolute atomic E-state index is 4.13. The Morgan fingerprint density at radius 1 is 0.455 bits per heavy atom. The molecular formula is C31H22Br2. The third kappa shape index (κ3) is 3.15. The van der Waals surface area contributed by atoms with Crippen LogP contribution in [0.25, 0.3) is 12.2 Å². The first kappa shape index (κ1) is 20.9. The van der Waals surface area contributed by atoms with E-state index in [0.717, 1.165) is 0 Å². The predicted octanol–water partition coefficient (Wildman–Crippen LogP) is 9.04. The van der Waals surface area contributed by atoms with Crippen molar-refractivity contribution in [2.24, 2.45) is 0 Å². The first-order valence-corrected chi connectivity index (χ1v) is 13.1. The summed E-state index contributed by atoms with van der Waals surface area (Å²) in [6.07, 6.45) is 4.80. The van der Waals surface area contributed by atoms with Gasteiger partial charge in [-0.1, -0.05) is 153 Å². The quantitative estimate of drug-likeness (QED) is 0.221. The molecule has 0 aliphatic heterocycles. The van der Waals surface area contributed by atoms with E-state index in [0.29, 0.717) is 0 Å². The molecule has 2 aliphatic carbocycles. The summed E-state index contributed by atoms with van der Waals surface area (Å²) >= 11 is 8.25. The van der Waals surface area contributed by atoms with Crippen LogP contribution < -0.4 is 0 Å². The van der Waals surface area contributed by atoms with Crippen molar-refractivity contribution in [1.29, 1.82) is 0 Å². The second-order valence-electron chi connectivity index (χ2n) is 8.66. The van der Waals surface area contributed by atoms with Crippen molar-refractivity contribution in [1.82, 2.24) is 0 Å². The maximum atomic E-state index is 4.13. The number of fused-ring (bicyclic) bond motifs is 2. The zero-order chi connectivity index (χ0) is 22.4. The Morgan fingerprint density at radius 2 is 0.818 bits per heavy atom. The van der Waals surface area contributed by atoms with Crippen LogP contribution in [0.2, 0.25) is 0 Å². The fourth-order valence-electron chi connectivity index (χ4n) is 5.54. The van der Waals surface area contributed by atoms with Crippen LogP contribution in [0.15, 0.2) is 120 Å². The standard InChI is InChI=1S/C31H22Br2/c32-29-25-17-9-7-11-21(25)19-27(29)31(23-13-3-1-4-14-23,24-15-5-2-6-16-24)28-20-22-12-8-10-18-26(22)30(28)33/h1-20,29-30H. The molecule has 2 heteroatoms. The molecule has 0 spiro atoms. The van der Waals surface area contributed by atoms with Gasteiger partial charge in [-0.05, 0) is 44.5 Å². The largest absolute Gasteiger partial charge is 0.0789 e. The topological polar surface area (TPSA) is 0 Å². The van der Waals surface area contributed by atoms with E-state index < -0.39 is 5.41 Å². The van der Waals surface area contributed by atoms with Gasteiger partial charge >= 0.3 is 0 Å². The van der Waals surface area contributed by atoms with Gasteiger partial charge in [-0.2, -0.15) is 0 Å². The molecule has 0 saturated heterocycles. The summed E-state index contributed by atoms with van der Waals surface area (Å²) < 4.78 is 0. The van der Waals surface area contributed by atoms with E-state index in [2.05, 4.69) is 153 Å². The summed E-state index contributed by atoms with van der Waals surface area (Å²) in [5, 5.41) is 0. The van der Waals surface area contributed by atoms with Crippen molar-refractivity contribution in [2.75, 3.05) is 0 Å².